The molecule has 2 radical (unpaired) electrons. The van der Waals surface area contributed by atoms with Crippen LogP contribution in [0.5, 0.6) is 0 Å². The van der Waals surface area contributed by atoms with Crippen molar-refractivity contribution in [2.45, 2.75) is 0 Å². The first-order chi connectivity index (χ1) is 0. The van der Waals surface area contributed by atoms with Gasteiger partial charge in [0.2, 0.25) is 0 Å². The summed E-state index contributed by atoms with van der Waals surface area (Å²) in [6, 6.07) is 0. The Kier molecular flexibility index (Phi) is 151. The zero-order valence-corrected chi connectivity index (χ0v) is 17.9. The second-order valence-corrected chi connectivity index (χ2v) is 0. The van der Waals surface area contributed by atoms with Gasteiger partial charge in [-0.2, -0.15) is 0 Å². The summed E-state index contributed by atoms with van der Waals surface area (Å²) in [4.78, 5) is 0. The van der Waals surface area contributed by atoms with Crippen molar-refractivity contribution in [1.29, 1.82) is 0 Å². The summed E-state index contributed by atoms with van der Waals surface area (Å²) in [5.74, 6) is 0. The monoisotopic (exact) mass is 674 g/mol. The SMILES string of the molecule is [I-].[I-].[I-].[Pb+2].[Rb+]. The Bertz CT molecular complexity index is 6.85. The molecule has 0 aliphatic carbocycles. The van der Waals surface area contributed by atoms with Gasteiger partial charge >= 0.3 is 85.5 Å². The molecule has 0 unspecified atom stereocenters. The summed E-state index contributed by atoms with van der Waals surface area (Å²) in [7, 11) is 0. The van der Waals surface area contributed by atoms with E-state index in [-0.39, 0.29) is 157 Å². The maximum atomic E-state index is 0. The Hall–Kier alpha value is 4.92. The average molecular weight is 673 g/mol. The number of halogens is 3. The van der Waals surface area contributed by atoms with Gasteiger partial charge in [-0.3, -0.25) is 0 Å². The molecule has 0 saturated heterocycles. The number of hydrogen-bond donors (Lipinski definition) is 0. The maximum absolute atomic E-state index is 0. The van der Waals surface area contributed by atoms with Crippen molar-refractivity contribution in [2.75, 3.05) is 0 Å². The van der Waals surface area contributed by atoms with Crippen molar-refractivity contribution in [3.8, 4) is 0 Å². The van der Waals surface area contributed by atoms with Gasteiger partial charge in [-0.25, -0.2) is 0 Å². The van der Waals surface area contributed by atoms with Gasteiger partial charge < -0.3 is 71.9 Å². The Balaban J connectivity index is 0. The fraction of sp³-hybridized carbons (Fsp3) is 0. The van der Waals surface area contributed by atoms with E-state index >= 15 is 0 Å². The van der Waals surface area contributed by atoms with Crippen molar-refractivity contribution in [1.82, 2.24) is 0 Å². The van der Waals surface area contributed by atoms with E-state index < -0.39 is 0 Å². The summed E-state index contributed by atoms with van der Waals surface area (Å²) in [6.07, 6.45) is 0. The minimum Gasteiger partial charge on any atom is -1.00 e. The van der Waals surface area contributed by atoms with E-state index in [4.69, 9.17) is 0 Å². The second-order valence-electron chi connectivity index (χ2n) is 0. The van der Waals surface area contributed by atoms with Crippen LogP contribution >= 0.6 is 0 Å². The Morgan fingerprint density at radius 3 is 0.600 bits per heavy atom. The quantitative estimate of drug-likeness (QED) is 0.177. The summed E-state index contributed by atoms with van der Waals surface area (Å²) >= 11 is 0. The van der Waals surface area contributed by atoms with Crippen molar-refractivity contribution in [3.05, 3.63) is 0 Å². The average Bonchev–Trinajstić information content (AvgIpc) is 0. The molecule has 5 heteroatoms. The van der Waals surface area contributed by atoms with E-state index in [0.29, 0.717) is 0 Å². The third-order valence-corrected chi connectivity index (χ3v) is 0. The normalized spacial score (nSPS) is 0. The van der Waals surface area contributed by atoms with Crippen LogP contribution in [-0.4, -0.2) is 27.3 Å². The molecule has 0 atom stereocenters. The van der Waals surface area contributed by atoms with Crippen LogP contribution < -0.4 is 130 Å². The van der Waals surface area contributed by atoms with Gasteiger partial charge in [-0.05, 0) is 0 Å². The topological polar surface area (TPSA) is 0 Å². The molecule has 0 fully saturated rings. The molecule has 0 aliphatic heterocycles. The molecule has 0 aromatic heterocycles. The van der Waals surface area contributed by atoms with Crippen LogP contribution in [0.2, 0.25) is 0 Å². The van der Waals surface area contributed by atoms with Gasteiger partial charge in [0.05, 0.1) is 0 Å². The molecule has 0 bridgehead atoms. The van der Waals surface area contributed by atoms with Crippen LogP contribution in [0, 0.1) is 0 Å². The summed E-state index contributed by atoms with van der Waals surface area (Å²) in [5.41, 5.74) is 0. The van der Waals surface area contributed by atoms with E-state index in [1.807, 2.05) is 0 Å². The van der Waals surface area contributed by atoms with E-state index in [0.717, 1.165) is 0 Å². The molecule has 0 spiro atoms. The molecule has 0 rings (SSSR count). The fourth-order valence-electron chi connectivity index (χ4n) is 0. The fourth-order valence-corrected chi connectivity index (χ4v) is 0. The molecule has 5 heavy (non-hydrogen) atoms. The molecule has 0 amide bonds. The Morgan fingerprint density at radius 2 is 0.600 bits per heavy atom. The van der Waals surface area contributed by atoms with Gasteiger partial charge in [0.1, 0.15) is 0 Å². The first-order valence-corrected chi connectivity index (χ1v) is 0. The molecule has 0 saturated carbocycles. The van der Waals surface area contributed by atoms with Crippen LogP contribution in [-0.2, 0) is 0 Å². The van der Waals surface area contributed by atoms with Gasteiger partial charge in [-0.15, -0.1) is 0 Å². The van der Waals surface area contributed by atoms with Gasteiger partial charge in [0.15, 0.2) is 0 Å². The van der Waals surface area contributed by atoms with Gasteiger partial charge in [0.25, 0.3) is 0 Å². The molecule has 0 nitrogen and oxygen atoms in total. The van der Waals surface area contributed by atoms with E-state index in [1.165, 1.54) is 0 Å². The maximum Gasteiger partial charge on any atom is 2.00 e. The largest absolute Gasteiger partial charge is 2.00 e. The van der Waals surface area contributed by atoms with Crippen molar-refractivity contribution < 1.29 is 130 Å². The van der Waals surface area contributed by atoms with E-state index in [1.54, 1.807) is 0 Å². The summed E-state index contributed by atoms with van der Waals surface area (Å²) in [5, 5.41) is 0. The second kappa shape index (κ2) is 23.1. The van der Waals surface area contributed by atoms with Crippen LogP contribution in [0.25, 0.3) is 0 Å². The van der Waals surface area contributed by atoms with Crippen molar-refractivity contribution >= 4 is 27.3 Å². The van der Waals surface area contributed by atoms with E-state index in [2.05, 4.69) is 0 Å². The number of hydrogen-bond acceptors (Lipinski definition) is 0. The third-order valence-electron chi connectivity index (χ3n) is 0. The predicted octanol–water partition coefficient (Wildman–Crippen LogP) is -12.4. The third kappa shape index (κ3) is 17.6. The van der Waals surface area contributed by atoms with Crippen molar-refractivity contribution in [2.24, 2.45) is 0 Å². The molecule has 0 aliphatic rings. The van der Waals surface area contributed by atoms with Gasteiger partial charge in [0, 0.05) is 0 Å². The predicted molar refractivity (Wildman–Crippen MR) is 5.75 cm³/mol. The Labute approximate surface area is 152 Å². The first kappa shape index (κ1) is 32.6. The zero-order valence-electron chi connectivity index (χ0n) is 2.63. The smallest absolute Gasteiger partial charge is 1.00 e. The van der Waals surface area contributed by atoms with Crippen LogP contribution in [0.4, 0.5) is 0 Å². The number of rotatable bonds is 0. The van der Waals surface area contributed by atoms with Crippen LogP contribution in [0.3, 0.4) is 0 Å². The Morgan fingerprint density at radius 1 is 0.600 bits per heavy atom. The van der Waals surface area contributed by atoms with Gasteiger partial charge in [-0.1, -0.05) is 0 Å². The summed E-state index contributed by atoms with van der Waals surface area (Å²) < 4.78 is 0. The molecule has 0 N–H and O–H groups in total. The molecule has 0 heterocycles. The zero-order chi connectivity index (χ0) is 0. The minimum absolute atomic E-state index is 0. The molecular weight excluding hydrogens is 673 g/mol. The first-order valence-electron chi connectivity index (χ1n) is 0. The molecule has 0 aromatic carbocycles. The van der Waals surface area contributed by atoms with Crippen LogP contribution in [0.1, 0.15) is 0 Å². The summed E-state index contributed by atoms with van der Waals surface area (Å²) in [6.45, 7) is 0. The molecular formula is I3PbRb. The molecule has 0 aromatic rings. The molecule has 26 valence electrons. The van der Waals surface area contributed by atoms with Crippen LogP contribution in [0.15, 0.2) is 0 Å². The standard InChI is InChI=1S/3HI.Pb.Rb/h3*1H;;/q;;;+2;+1/p-3. The van der Waals surface area contributed by atoms with E-state index in [9.17, 15) is 0 Å². The minimum atomic E-state index is 0. The van der Waals surface area contributed by atoms with Crippen molar-refractivity contribution in [3.63, 3.8) is 0 Å².